The summed E-state index contributed by atoms with van der Waals surface area (Å²) in [6, 6.07) is 7.86. The van der Waals surface area contributed by atoms with Crippen molar-refractivity contribution in [2.75, 3.05) is 21.0 Å². The minimum atomic E-state index is 0.254. The van der Waals surface area contributed by atoms with Gasteiger partial charge in [0.25, 0.3) is 0 Å². The van der Waals surface area contributed by atoms with Gasteiger partial charge in [-0.25, -0.2) is 0 Å². The van der Waals surface area contributed by atoms with Crippen LogP contribution in [0.2, 0.25) is 0 Å². The Labute approximate surface area is 115 Å². The lowest BCUT2D eigenvalue weighted by molar-refractivity contribution is 0.174. The predicted octanol–water partition coefficient (Wildman–Crippen LogP) is 3.07. The highest BCUT2D eigenvalue weighted by Gasteiger charge is 2.21. The summed E-state index contributed by atoms with van der Waals surface area (Å²) in [6.45, 7) is 0.254. The minimum Gasteiger partial charge on any atom is -0.493 e. The fraction of sp³-hybridized carbons (Fsp3) is 0.200. The van der Waals surface area contributed by atoms with Crippen LogP contribution >= 0.6 is 0 Å². The number of ether oxygens (including phenoxy) is 4. The Morgan fingerprint density at radius 2 is 1.75 bits per heavy atom. The Hall–Kier alpha value is -2.56. The molecule has 1 aliphatic heterocycles. The van der Waals surface area contributed by atoms with Gasteiger partial charge in [0.1, 0.15) is 0 Å². The zero-order valence-corrected chi connectivity index (χ0v) is 11.1. The molecule has 0 saturated heterocycles. The second-order valence-corrected chi connectivity index (χ2v) is 4.57. The maximum atomic E-state index is 5.55. The Morgan fingerprint density at radius 1 is 0.950 bits per heavy atom. The van der Waals surface area contributed by atoms with Crippen molar-refractivity contribution < 1.29 is 18.9 Å². The monoisotopic (exact) mass is 271 g/mol. The second-order valence-electron chi connectivity index (χ2n) is 4.57. The Bertz CT molecular complexity index is 822. The number of nitrogens with one attached hydrogen (secondary N) is 1. The first kappa shape index (κ1) is 11.3. The third kappa shape index (κ3) is 1.32. The van der Waals surface area contributed by atoms with Crippen molar-refractivity contribution in [2.24, 2.45) is 0 Å². The lowest BCUT2D eigenvalue weighted by Crippen LogP contribution is -1.93. The second kappa shape index (κ2) is 3.96. The first-order chi connectivity index (χ1) is 9.83. The van der Waals surface area contributed by atoms with E-state index in [1.807, 2.05) is 24.3 Å². The van der Waals surface area contributed by atoms with Crippen molar-refractivity contribution in [2.45, 2.75) is 0 Å². The van der Waals surface area contributed by atoms with Gasteiger partial charge in [-0.1, -0.05) is 0 Å². The summed E-state index contributed by atoms with van der Waals surface area (Å²) in [6.07, 6.45) is 0. The number of benzene rings is 2. The van der Waals surface area contributed by atoms with Crippen LogP contribution in [0.4, 0.5) is 0 Å². The third-order valence-corrected chi connectivity index (χ3v) is 3.63. The van der Waals surface area contributed by atoms with E-state index in [-0.39, 0.29) is 6.79 Å². The summed E-state index contributed by atoms with van der Waals surface area (Å²) in [7, 11) is 3.26. The number of rotatable bonds is 2. The smallest absolute Gasteiger partial charge is 0.231 e. The van der Waals surface area contributed by atoms with E-state index in [2.05, 4.69) is 4.98 Å². The van der Waals surface area contributed by atoms with Crippen LogP contribution in [0.3, 0.4) is 0 Å². The largest absolute Gasteiger partial charge is 0.493 e. The molecular formula is C15H13NO4. The summed E-state index contributed by atoms with van der Waals surface area (Å²) in [4.78, 5) is 3.36. The molecule has 0 spiro atoms. The zero-order valence-electron chi connectivity index (χ0n) is 11.1. The van der Waals surface area contributed by atoms with E-state index in [1.54, 1.807) is 14.2 Å². The van der Waals surface area contributed by atoms with Crippen molar-refractivity contribution in [3.05, 3.63) is 24.3 Å². The van der Waals surface area contributed by atoms with E-state index >= 15 is 0 Å². The average molecular weight is 271 g/mol. The molecule has 0 unspecified atom stereocenters. The summed E-state index contributed by atoms with van der Waals surface area (Å²) in [5.41, 5.74) is 1.81. The van der Waals surface area contributed by atoms with Gasteiger partial charge in [-0.3, -0.25) is 0 Å². The molecule has 0 aliphatic carbocycles. The zero-order chi connectivity index (χ0) is 13.7. The summed E-state index contributed by atoms with van der Waals surface area (Å²) < 4.78 is 21.8. The number of aromatic amines is 1. The summed E-state index contributed by atoms with van der Waals surface area (Å²) in [5, 5.41) is 2.14. The van der Waals surface area contributed by atoms with Gasteiger partial charge in [0.2, 0.25) is 6.79 Å². The number of H-pyrrole nitrogens is 1. The van der Waals surface area contributed by atoms with E-state index in [4.69, 9.17) is 18.9 Å². The van der Waals surface area contributed by atoms with Crippen molar-refractivity contribution in [1.82, 2.24) is 4.98 Å². The molecule has 1 aromatic heterocycles. The van der Waals surface area contributed by atoms with Crippen molar-refractivity contribution in [3.8, 4) is 23.0 Å². The molecule has 2 aromatic carbocycles. The number of hydrogen-bond donors (Lipinski definition) is 1. The molecule has 1 N–H and O–H groups in total. The van der Waals surface area contributed by atoms with Gasteiger partial charge in [0.05, 0.1) is 25.3 Å². The van der Waals surface area contributed by atoms with Gasteiger partial charge in [-0.15, -0.1) is 0 Å². The molecule has 4 rings (SSSR count). The van der Waals surface area contributed by atoms with Crippen molar-refractivity contribution >= 4 is 21.8 Å². The molecule has 0 radical (unpaired) electrons. The van der Waals surface area contributed by atoms with Gasteiger partial charge in [-0.2, -0.15) is 0 Å². The lowest BCUT2D eigenvalue weighted by atomic mass is 10.1. The number of hydrogen-bond acceptors (Lipinski definition) is 4. The summed E-state index contributed by atoms with van der Waals surface area (Å²) in [5.74, 6) is 2.89. The first-order valence-electron chi connectivity index (χ1n) is 6.28. The topological polar surface area (TPSA) is 52.7 Å². The van der Waals surface area contributed by atoms with Crippen LogP contribution in [-0.2, 0) is 0 Å². The predicted molar refractivity (Wildman–Crippen MR) is 75.0 cm³/mol. The number of fused-ring (bicyclic) bond motifs is 5. The summed E-state index contributed by atoms with van der Waals surface area (Å²) >= 11 is 0. The fourth-order valence-electron chi connectivity index (χ4n) is 2.72. The van der Waals surface area contributed by atoms with Gasteiger partial charge in [0, 0.05) is 10.8 Å². The van der Waals surface area contributed by atoms with Gasteiger partial charge >= 0.3 is 0 Å². The maximum absolute atomic E-state index is 5.55. The van der Waals surface area contributed by atoms with E-state index in [1.165, 1.54) is 0 Å². The quantitative estimate of drug-likeness (QED) is 0.778. The van der Waals surface area contributed by atoms with Crippen LogP contribution in [0.1, 0.15) is 0 Å². The molecule has 20 heavy (non-hydrogen) atoms. The molecular weight excluding hydrogens is 258 g/mol. The molecule has 102 valence electrons. The van der Waals surface area contributed by atoms with E-state index in [9.17, 15) is 0 Å². The van der Waals surface area contributed by atoms with Gasteiger partial charge in [0.15, 0.2) is 23.0 Å². The molecule has 0 atom stereocenters. The van der Waals surface area contributed by atoms with Crippen molar-refractivity contribution in [3.63, 3.8) is 0 Å². The number of aromatic nitrogens is 1. The normalized spacial score (nSPS) is 13.1. The molecule has 2 heterocycles. The molecule has 0 fully saturated rings. The standard InChI is InChI=1S/C15H13NO4/c1-17-10-5-3-8-9-4-6-11-15(20-7-19-11)13(9)16-12(8)14(10)18-2/h3-6,16H,7H2,1-2H3. The van der Waals surface area contributed by atoms with Crippen LogP contribution in [0.15, 0.2) is 24.3 Å². The van der Waals surface area contributed by atoms with E-state index < -0.39 is 0 Å². The van der Waals surface area contributed by atoms with E-state index in [0.29, 0.717) is 11.5 Å². The first-order valence-corrected chi connectivity index (χ1v) is 6.28. The van der Waals surface area contributed by atoms with Crippen LogP contribution in [-0.4, -0.2) is 26.0 Å². The van der Waals surface area contributed by atoms with Crippen molar-refractivity contribution in [1.29, 1.82) is 0 Å². The molecule has 5 nitrogen and oxygen atoms in total. The highest BCUT2D eigenvalue weighted by Crippen LogP contribution is 2.44. The highest BCUT2D eigenvalue weighted by atomic mass is 16.7. The van der Waals surface area contributed by atoms with Crippen LogP contribution in [0, 0.1) is 0 Å². The maximum Gasteiger partial charge on any atom is 0.231 e. The SMILES string of the molecule is COc1ccc2c([nH]c3c4c(ccc32)OCO4)c1OC. The molecule has 0 saturated carbocycles. The Morgan fingerprint density at radius 3 is 2.55 bits per heavy atom. The van der Waals surface area contributed by atoms with Crippen LogP contribution in [0.5, 0.6) is 23.0 Å². The van der Waals surface area contributed by atoms with Crippen LogP contribution in [0.25, 0.3) is 21.8 Å². The number of methoxy groups -OCH3 is 2. The average Bonchev–Trinajstić information content (AvgIpc) is 3.09. The molecule has 0 bridgehead atoms. The molecule has 5 heteroatoms. The minimum absolute atomic E-state index is 0.254. The Kier molecular flexibility index (Phi) is 2.24. The molecule has 0 amide bonds. The fourth-order valence-corrected chi connectivity index (χ4v) is 2.72. The van der Waals surface area contributed by atoms with Crippen LogP contribution < -0.4 is 18.9 Å². The van der Waals surface area contributed by atoms with Gasteiger partial charge < -0.3 is 23.9 Å². The molecule has 3 aromatic rings. The van der Waals surface area contributed by atoms with Gasteiger partial charge in [-0.05, 0) is 24.3 Å². The van der Waals surface area contributed by atoms with E-state index in [0.717, 1.165) is 33.3 Å². The lowest BCUT2D eigenvalue weighted by Gasteiger charge is -2.07. The third-order valence-electron chi connectivity index (χ3n) is 3.63. The molecule has 1 aliphatic rings. The highest BCUT2D eigenvalue weighted by molar-refractivity contribution is 6.12. The Balaban J connectivity index is 2.14.